The number of carbonyl (C=O) groups is 2. The van der Waals surface area contributed by atoms with Crippen molar-refractivity contribution >= 4 is 55.0 Å². The summed E-state index contributed by atoms with van der Waals surface area (Å²) >= 11 is 18.0. The molecule has 4 atom stereocenters. The average molecular weight is 481 g/mol. The largest absolute Gasteiger partial charge is 0.425 e. The van der Waals surface area contributed by atoms with Gasteiger partial charge in [0.2, 0.25) is 5.91 Å². The molecule has 1 aromatic carbocycles. The Morgan fingerprint density at radius 2 is 1.66 bits per heavy atom. The Bertz CT molecular complexity index is 810. The molecule has 1 aromatic rings. The quantitative estimate of drug-likeness (QED) is 0.186. The molecule has 5 nitrogen and oxygen atoms in total. The van der Waals surface area contributed by atoms with Gasteiger partial charge in [-0.25, -0.2) is 0 Å². The maximum absolute atomic E-state index is 12.7. The van der Waals surface area contributed by atoms with Crippen molar-refractivity contribution in [2.24, 2.45) is 11.8 Å². The zero-order valence-electron chi connectivity index (χ0n) is 17.7. The third-order valence-corrected chi connectivity index (χ3v) is 11.5. The van der Waals surface area contributed by atoms with Gasteiger partial charge in [0.25, 0.3) is 0 Å². The number of esters is 1. The van der Waals surface area contributed by atoms with E-state index in [0.29, 0.717) is 0 Å². The van der Waals surface area contributed by atoms with E-state index in [1.165, 1.54) is 12.1 Å². The fourth-order valence-corrected chi connectivity index (χ4v) is 5.01. The first kappa shape index (κ1) is 24.5. The first-order valence-electron chi connectivity index (χ1n) is 9.50. The van der Waals surface area contributed by atoms with E-state index in [-0.39, 0.29) is 43.9 Å². The standard InChI is InChI=1S/C20H28Cl3NO4Si/c1-10(19(26)27-15-9-13(22)12(21)8-14(15)23)17-16(18(25)24-17)11(2)28-29(6,7)20(3,4)5/h8-11,16-17H,1-7H3,(H,24,25)/t10-,11-,16-,17-/m1/s1. The molecular weight excluding hydrogens is 453 g/mol. The number of hydrogen-bond donors (Lipinski definition) is 1. The van der Waals surface area contributed by atoms with E-state index in [2.05, 4.69) is 39.2 Å². The van der Waals surface area contributed by atoms with Crippen molar-refractivity contribution in [3.63, 3.8) is 0 Å². The first-order valence-corrected chi connectivity index (χ1v) is 13.5. The van der Waals surface area contributed by atoms with Gasteiger partial charge in [-0.2, -0.15) is 0 Å². The van der Waals surface area contributed by atoms with Crippen molar-refractivity contribution in [1.29, 1.82) is 0 Å². The number of carbonyl (C=O) groups excluding carboxylic acids is 2. The summed E-state index contributed by atoms with van der Waals surface area (Å²) in [6.45, 7) is 14.3. The molecule has 1 aliphatic heterocycles. The summed E-state index contributed by atoms with van der Waals surface area (Å²) in [4.78, 5) is 24.9. The summed E-state index contributed by atoms with van der Waals surface area (Å²) in [6.07, 6.45) is -0.307. The van der Waals surface area contributed by atoms with Crippen molar-refractivity contribution in [2.75, 3.05) is 0 Å². The molecule has 1 N–H and O–H groups in total. The average Bonchev–Trinajstić information content (AvgIpc) is 2.55. The predicted molar refractivity (Wildman–Crippen MR) is 119 cm³/mol. The number of hydrogen-bond acceptors (Lipinski definition) is 4. The van der Waals surface area contributed by atoms with E-state index < -0.39 is 26.1 Å². The summed E-state index contributed by atoms with van der Waals surface area (Å²) in [5.74, 6) is -1.51. The molecule has 1 amide bonds. The minimum Gasteiger partial charge on any atom is -0.425 e. The van der Waals surface area contributed by atoms with Crippen LogP contribution in [0.15, 0.2) is 12.1 Å². The highest BCUT2D eigenvalue weighted by Crippen LogP contribution is 2.40. The van der Waals surface area contributed by atoms with Crippen LogP contribution in [-0.2, 0) is 14.0 Å². The topological polar surface area (TPSA) is 64.6 Å². The van der Waals surface area contributed by atoms with Crippen LogP contribution in [0.3, 0.4) is 0 Å². The molecule has 0 saturated carbocycles. The van der Waals surface area contributed by atoms with Gasteiger partial charge in [-0.1, -0.05) is 55.6 Å². The Morgan fingerprint density at radius 1 is 1.10 bits per heavy atom. The van der Waals surface area contributed by atoms with Crippen LogP contribution in [0.25, 0.3) is 0 Å². The normalized spacial score (nSPS) is 21.8. The second-order valence-corrected chi connectivity index (χ2v) is 15.0. The molecule has 0 radical (unpaired) electrons. The minimum absolute atomic E-state index is 0.0200. The molecule has 0 unspecified atom stereocenters. The van der Waals surface area contributed by atoms with Gasteiger partial charge in [-0.3, -0.25) is 9.59 Å². The van der Waals surface area contributed by atoms with Gasteiger partial charge < -0.3 is 14.5 Å². The zero-order chi connectivity index (χ0) is 22.3. The molecule has 0 aliphatic carbocycles. The number of benzene rings is 1. The van der Waals surface area contributed by atoms with E-state index in [0.717, 1.165) is 0 Å². The Morgan fingerprint density at radius 3 is 2.17 bits per heavy atom. The van der Waals surface area contributed by atoms with Crippen LogP contribution in [0.1, 0.15) is 34.6 Å². The van der Waals surface area contributed by atoms with Crippen LogP contribution in [-0.4, -0.2) is 32.3 Å². The number of nitrogens with one attached hydrogen (secondary N) is 1. The van der Waals surface area contributed by atoms with Gasteiger partial charge in [-0.05, 0) is 38.0 Å². The third-order valence-electron chi connectivity index (χ3n) is 5.89. The van der Waals surface area contributed by atoms with Crippen LogP contribution < -0.4 is 10.1 Å². The third kappa shape index (κ3) is 5.28. The van der Waals surface area contributed by atoms with Gasteiger partial charge in [0.05, 0.1) is 39.0 Å². The lowest BCUT2D eigenvalue weighted by Gasteiger charge is -2.46. The maximum Gasteiger partial charge on any atom is 0.316 e. The number of ether oxygens (including phenoxy) is 1. The number of amides is 1. The lowest BCUT2D eigenvalue weighted by atomic mass is 9.79. The summed E-state index contributed by atoms with van der Waals surface area (Å²) in [5, 5.41) is 3.52. The Labute approximate surface area is 188 Å². The fraction of sp³-hybridized carbons (Fsp3) is 0.600. The second-order valence-electron chi connectivity index (χ2n) is 9.05. The van der Waals surface area contributed by atoms with Crippen LogP contribution in [0.2, 0.25) is 33.2 Å². The predicted octanol–water partition coefficient (Wildman–Crippen LogP) is 5.71. The second kappa shape index (κ2) is 8.75. The van der Waals surface area contributed by atoms with Crippen molar-refractivity contribution < 1.29 is 18.8 Å². The number of rotatable bonds is 6. The van der Waals surface area contributed by atoms with Crippen molar-refractivity contribution in [3.05, 3.63) is 27.2 Å². The highest BCUT2D eigenvalue weighted by Gasteiger charge is 2.50. The molecule has 0 bridgehead atoms. The Balaban J connectivity index is 2.10. The first-order chi connectivity index (χ1) is 13.2. The molecule has 1 saturated heterocycles. The number of β-lactam (4-membered cyclic amide) rings is 1. The fourth-order valence-electron chi connectivity index (χ4n) is 3.00. The van der Waals surface area contributed by atoms with Crippen molar-refractivity contribution in [3.8, 4) is 5.75 Å². The Kier molecular flexibility index (Phi) is 7.39. The van der Waals surface area contributed by atoms with Crippen LogP contribution in [0.4, 0.5) is 0 Å². The smallest absolute Gasteiger partial charge is 0.316 e. The monoisotopic (exact) mass is 479 g/mol. The molecular formula is C20H28Cl3NO4Si. The lowest BCUT2D eigenvalue weighted by molar-refractivity contribution is -0.149. The Hall–Kier alpha value is -0.793. The molecule has 2 rings (SSSR count). The van der Waals surface area contributed by atoms with Gasteiger partial charge in [0.1, 0.15) is 0 Å². The maximum atomic E-state index is 12.7. The van der Waals surface area contributed by atoms with E-state index in [9.17, 15) is 9.59 Å². The summed E-state index contributed by atoms with van der Waals surface area (Å²) in [5.41, 5.74) is 0. The zero-order valence-corrected chi connectivity index (χ0v) is 21.0. The van der Waals surface area contributed by atoms with Gasteiger partial charge in [-0.15, -0.1) is 0 Å². The molecule has 1 heterocycles. The molecule has 9 heteroatoms. The molecule has 0 spiro atoms. The molecule has 1 fully saturated rings. The highest BCUT2D eigenvalue weighted by atomic mass is 35.5. The van der Waals surface area contributed by atoms with E-state index in [1.807, 2.05) is 6.92 Å². The van der Waals surface area contributed by atoms with E-state index in [1.54, 1.807) is 6.92 Å². The van der Waals surface area contributed by atoms with Gasteiger partial charge >= 0.3 is 5.97 Å². The van der Waals surface area contributed by atoms with Crippen molar-refractivity contribution in [1.82, 2.24) is 5.32 Å². The SMILES string of the molecule is C[C@@H](O[Si](C)(C)C(C)(C)C)[C@H]1C(=O)N[C@@H]1[C@@H](C)C(=O)Oc1cc(Cl)c(Cl)cc1Cl. The van der Waals surface area contributed by atoms with Crippen LogP contribution in [0.5, 0.6) is 5.75 Å². The van der Waals surface area contributed by atoms with Crippen LogP contribution >= 0.6 is 34.8 Å². The van der Waals surface area contributed by atoms with Crippen molar-refractivity contribution in [2.45, 2.75) is 64.9 Å². The minimum atomic E-state index is -2.06. The molecule has 162 valence electrons. The van der Waals surface area contributed by atoms with E-state index >= 15 is 0 Å². The molecule has 29 heavy (non-hydrogen) atoms. The number of halogens is 3. The van der Waals surface area contributed by atoms with E-state index in [4.69, 9.17) is 44.0 Å². The summed E-state index contributed by atoms with van der Waals surface area (Å²) in [6, 6.07) is 2.44. The summed E-state index contributed by atoms with van der Waals surface area (Å²) in [7, 11) is -2.06. The van der Waals surface area contributed by atoms with Gasteiger partial charge in [0, 0.05) is 6.07 Å². The molecule has 1 aliphatic rings. The molecule has 0 aromatic heterocycles. The highest BCUT2D eigenvalue weighted by molar-refractivity contribution is 6.74. The van der Waals surface area contributed by atoms with Gasteiger partial charge in [0.15, 0.2) is 14.1 Å². The lowest BCUT2D eigenvalue weighted by Crippen LogP contribution is -2.67. The summed E-state index contributed by atoms with van der Waals surface area (Å²) < 4.78 is 11.8. The van der Waals surface area contributed by atoms with Crippen LogP contribution in [0, 0.1) is 11.8 Å².